The van der Waals surface area contributed by atoms with Gasteiger partial charge in [0.25, 0.3) is 0 Å². The van der Waals surface area contributed by atoms with Crippen LogP contribution in [0, 0.1) is 0 Å². The summed E-state index contributed by atoms with van der Waals surface area (Å²) in [5, 5.41) is 0. The van der Waals surface area contributed by atoms with Crippen molar-refractivity contribution in [2.45, 2.75) is 12.3 Å². The van der Waals surface area contributed by atoms with Crippen LogP contribution >= 0.6 is 0 Å². The molecule has 1 aliphatic rings. The number of quaternary nitrogens is 1. The Balaban J connectivity index is 1.64. The Morgan fingerprint density at radius 2 is 1.55 bits per heavy atom. The highest BCUT2D eigenvalue weighted by atomic mass is 32.2. The molecule has 0 atom stereocenters. The first kappa shape index (κ1) is 21.4. The molecule has 0 saturated carbocycles. The molecule has 0 radical (unpaired) electrons. The zero-order valence-corrected chi connectivity index (χ0v) is 18.0. The molecule has 158 valence electrons. The lowest BCUT2D eigenvalue weighted by Crippen LogP contribution is -3.13. The molecule has 0 aromatic heterocycles. The average Bonchev–Trinajstić information content (AvgIpc) is 2.74. The first-order chi connectivity index (χ1) is 14.0. The zero-order chi connectivity index (χ0) is 20.9. The van der Waals surface area contributed by atoms with Crippen LogP contribution in [0.2, 0.25) is 0 Å². The van der Waals surface area contributed by atoms with Crippen molar-refractivity contribution in [2.24, 2.45) is 0 Å². The van der Waals surface area contributed by atoms with Gasteiger partial charge >= 0.3 is 0 Å². The summed E-state index contributed by atoms with van der Waals surface area (Å²) in [6.07, 6.45) is 0. The van der Waals surface area contributed by atoms with Gasteiger partial charge < -0.3 is 19.1 Å². The second kappa shape index (κ2) is 9.47. The lowest BCUT2D eigenvalue weighted by atomic mass is 10.1. The highest BCUT2D eigenvalue weighted by Crippen LogP contribution is 2.39. The fourth-order valence-electron chi connectivity index (χ4n) is 3.71. The number of nitrogens with one attached hydrogen (secondary N) is 1. The maximum atomic E-state index is 12.7. The minimum Gasteiger partial charge on any atom is -0.493 e. The van der Waals surface area contributed by atoms with Crippen LogP contribution < -0.4 is 19.1 Å². The summed E-state index contributed by atoms with van der Waals surface area (Å²) in [6.45, 7) is 3.24. The number of hydrogen-bond donors (Lipinski definition) is 1. The number of ether oxygens (including phenoxy) is 3. The Labute approximate surface area is 172 Å². The highest BCUT2D eigenvalue weighted by Gasteiger charge is 2.30. The number of methoxy groups -OCH3 is 3. The first-order valence-corrected chi connectivity index (χ1v) is 11.2. The van der Waals surface area contributed by atoms with Gasteiger partial charge in [0.15, 0.2) is 11.5 Å². The molecule has 2 aromatic carbocycles. The predicted octanol–water partition coefficient (Wildman–Crippen LogP) is 0.943. The molecular weight excluding hydrogens is 392 g/mol. The summed E-state index contributed by atoms with van der Waals surface area (Å²) in [5.41, 5.74) is 1.83. The van der Waals surface area contributed by atoms with Crippen LogP contribution in [0.4, 0.5) is 0 Å². The molecule has 8 heteroatoms. The second-order valence-corrected chi connectivity index (χ2v) is 9.03. The zero-order valence-electron chi connectivity index (χ0n) is 17.2. The van der Waals surface area contributed by atoms with Gasteiger partial charge in [0.05, 0.1) is 58.8 Å². The van der Waals surface area contributed by atoms with Crippen LogP contribution in [0.25, 0.3) is 0 Å². The Bertz CT molecular complexity index is 910. The van der Waals surface area contributed by atoms with Gasteiger partial charge in [-0.15, -0.1) is 0 Å². The van der Waals surface area contributed by atoms with E-state index in [1.54, 1.807) is 25.6 Å². The lowest BCUT2D eigenvalue weighted by molar-refractivity contribution is -0.917. The minimum absolute atomic E-state index is 0.0483. The van der Waals surface area contributed by atoms with E-state index in [9.17, 15) is 8.42 Å². The van der Waals surface area contributed by atoms with Gasteiger partial charge in [-0.3, -0.25) is 0 Å². The summed E-state index contributed by atoms with van der Waals surface area (Å²) >= 11 is 0. The fraction of sp³-hybridized carbons (Fsp3) is 0.429. The molecule has 1 saturated heterocycles. The van der Waals surface area contributed by atoms with Crippen molar-refractivity contribution in [3.63, 3.8) is 0 Å². The molecule has 0 spiro atoms. The summed E-state index contributed by atoms with van der Waals surface area (Å²) in [7, 11) is 1.49. The minimum atomic E-state index is -3.31. The van der Waals surface area contributed by atoms with Gasteiger partial charge in [-0.25, -0.2) is 8.42 Å². The van der Waals surface area contributed by atoms with Gasteiger partial charge in [-0.2, -0.15) is 4.31 Å². The van der Waals surface area contributed by atoms with Crippen molar-refractivity contribution in [1.29, 1.82) is 0 Å². The Morgan fingerprint density at radius 3 is 2.14 bits per heavy atom. The summed E-state index contributed by atoms with van der Waals surface area (Å²) in [6, 6.07) is 13.2. The Kier molecular flexibility index (Phi) is 7.00. The standard InChI is InChI=1S/C21H28N2O5S/c1-26-19-10-9-18(20(27-2)21(19)28-3)15-22-11-13-23(14-12-22)29(24,25)16-17-7-5-4-6-8-17/h4-10H,11-16H2,1-3H3/p+1. The molecule has 1 N–H and O–H groups in total. The summed E-state index contributed by atoms with van der Waals surface area (Å²) in [5.74, 6) is 1.92. The molecule has 1 fully saturated rings. The quantitative estimate of drug-likeness (QED) is 0.687. The van der Waals surface area contributed by atoms with Crippen molar-refractivity contribution >= 4 is 10.0 Å². The third kappa shape index (κ3) is 5.01. The topological polar surface area (TPSA) is 69.5 Å². The monoisotopic (exact) mass is 421 g/mol. The van der Waals surface area contributed by atoms with E-state index in [4.69, 9.17) is 14.2 Å². The molecule has 7 nitrogen and oxygen atoms in total. The van der Waals surface area contributed by atoms with E-state index in [0.29, 0.717) is 30.3 Å². The normalized spacial score (nSPS) is 15.8. The SMILES string of the molecule is COc1ccc(C[NH+]2CCN(S(=O)(=O)Cc3ccccc3)CC2)c(OC)c1OC. The van der Waals surface area contributed by atoms with E-state index in [-0.39, 0.29) is 5.75 Å². The molecule has 0 aliphatic carbocycles. The molecule has 2 aromatic rings. The molecule has 0 unspecified atom stereocenters. The first-order valence-electron chi connectivity index (χ1n) is 9.61. The van der Waals surface area contributed by atoms with Gasteiger partial charge in [0, 0.05) is 0 Å². The molecule has 29 heavy (non-hydrogen) atoms. The maximum Gasteiger partial charge on any atom is 0.218 e. The number of benzene rings is 2. The van der Waals surface area contributed by atoms with Crippen molar-refractivity contribution in [2.75, 3.05) is 47.5 Å². The number of rotatable bonds is 8. The van der Waals surface area contributed by atoms with E-state index in [1.165, 1.54) is 4.90 Å². The van der Waals surface area contributed by atoms with Gasteiger partial charge in [0.1, 0.15) is 6.54 Å². The van der Waals surface area contributed by atoms with Crippen molar-refractivity contribution < 1.29 is 27.5 Å². The Hall–Kier alpha value is -2.29. The van der Waals surface area contributed by atoms with Crippen LogP contribution in [-0.4, -0.2) is 60.2 Å². The van der Waals surface area contributed by atoms with Crippen molar-refractivity contribution in [3.05, 3.63) is 53.6 Å². The maximum absolute atomic E-state index is 12.7. The van der Waals surface area contributed by atoms with E-state index in [2.05, 4.69) is 0 Å². The third-order valence-corrected chi connectivity index (χ3v) is 7.09. The smallest absolute Gasteiger partial charge is 0.218 e. The predicted molar refractivity (Wildman–Crippen MR) is 111 cm³/mol. The van der Waals surface area contributed by atoms with E-state index in [0.717, 1.165) is 30.8 Å². The Morgan fingerprint density at radius 1 is 0.897 bits per heavy atom. The molecule has 1 heterocycles. The van der Waals surface area contributed by atoms with E-state index in [1.807, 2.05) is 42.5 Å². The van der Waals surface area contributed by atoms with Crippen LogP contribution in [0.1, 0.15) is 11.1 Å². The van der Waals surface area contributed by atoms with Crippen LogP contribution in [0.3, 0.4) is 0 Å². The van der Waals surface area contributed by atoms with Crippen molar-refractivity contribution in [3.8, 4) is 17.2 Å². The number of piperazine rings is 1. The molecule has 0 amide bonds. The molecular formula is C21H29N2O5S+. The van der Waals surface area contributed by atoms with E-state index >= 15 is 0 Å². The summed E-state index contributed by atoms with van der Waals surface area (Å²) < 4.78 is 43.5. The highest BCUT2D eigenvalue weighted by molar-refractivity contribution is 7.88. The number of nitrogens with zero attached hydrogens (tertiary/aromatic N) is 1. The van der Waals surface area contributed by atoms with E-state index < -0.39 is 10.0 Å². The van der Waals surface area contributed by atoms with Gasteiger partial charge in [0.2, 0.25) is 15.8 Å². The molecule has 3 rings (SSSR count). The van der Waals surface area contributed by atoms with Crippen molar-refractivity contribution in [1.82, 2.24) is 4.31 Å². The van der Waals surface area contributed by atoms with Crippen LogP contribution in [0.5, 0.6) is 17.2 Å². The summed E-state index contributed by atoms with van der Waals surface area (Å²) in [4.78, 5) is 1.31. The third-order valence-electron chi connectivity index (χ3n) is 5.24. The van der Waals surface area contributed by atoms with Gasteiger partial charge in [-0.05, 0) is 17.7 Å². The average molecular weight is 422 g/mol. The van der Waals surface area contributed by atoms with Gasteiger partial charge in [-0.1, -0.05) is 30.3 Å². The lowest BCUT2D eigenvalue weighted by Gasteiger charge is -2.32. The van der Waals surface area contributed by atoms with Crippen LogP contribution in [-0.2, 0) is 22.3 Å². The fourth-order valence-corrected chi connectivity index (χ4v) is 5.24. The largest absolute Gasteiger partial charge is 0.493 e. The molecule has 1 aliphatic heterocycles. The second-order valence-electron chi connectivity index (χ2n) is 7.06. The number of sulfonamides is 1. The van der Waals surface area contributed by atoms with Crippen LogP contribution in [0.15, 0.2) is 42.5 Å². The number of hydrogen-bond acceptors (Lipinski definition) is 5. The molecule has 0 bridgehead atoms.